The lowest BCUT2D eigenvalue weighted by Gasteiger charge is -2.12. The van der Waals surface area contributed by atoms with Crippen molar-refractivity contribution < 1.29 is 9.13 Å². The average Bonchev–Trinajstić information content (AvgIpc) is 2.39. The standard InChI is InChI=1S/C15H17FN2O/c1-10-3-5-12(9-18-10)14(17)8-11-4-6-15(19-2)13(16)7-11/h3-7,9,14H,8,17H2,1-2H3. The summed E-state index contributed by atoms with van der Waals surface area (Å²) in [5.74, 6) is -0.122. The Labute approximate surface area is 112 Å². The predicted molar refractivity (Wildman–Crippen MR) is 72.6 cm³/mol. The Hall–Kier alpha value is -1.94. The van der Waals surface area contributed by atoms with E-state index in [2.05, 4.69) is 4.98 Å². The van der Waals surface area contributed by atoms with Gasteiger partial charge in [-0.05, 0) is 42.7 Å². The van der Waals surface area contributed by atoms with Crippen LogP contribution in [-0.4, -0.2) is 12.1 Å². The van der Waals surface area contributed by atoms with E-state index in [1.807, 2.05) is 25.1 Å². The molecule has 1 unspecified atom stereocenters. The van der Waals surface area contributed by atoms with Crippen molar-refractivity contribution in [2.45, 2.75) is 19.4 Å². The lowest BCUT2D eigenvalue weighted by Crippen LogP contribution is -2.13. The van der Waals surface area contributed by atoms with Crippen LogP contribution >= 0.6 is 0 Å². The fourth-order valence-electron chi connectivity index (χ4n) is 1.91. The first-order chi connectivity index (χ1) is 9.10. The van der Waals surface area contributed by atoms with Gasteiger partial charge in [0.2, 0.25) is 0 Å². The molecule has 3 nitrogen and oxygen atoms in total. The van der Waals surface area contributed by atoms with Crippen molar-refractivity contribution in [1.82, 2.24) is 4.98 Å². The van der Waals surface area contributed by atoms with E-state index in [4.69, 9.17) is 10.5 Å². The number of aromatic nitrogens is 1. The van der Waals surface area contributed by atoms with Crippen LogP contribution < -0.4 is 10.5 Å². The topological polar surface area (TPSA) is 48.1 Å². The zero-order chi connectivity index (χ0) is 13.8. The maximum atomic E-state index is 13.6. The van der Waals surface area contributed by atoms with Crippen molar-refractivity contribution in [3.63, 3.8) is 0 Å². The molecule has 2 aromatic rings. The summed E-state index contributed by atoms with van der Waals surface area (Å²) >= 11 is 0. The van der Waals surface area contributed by atoms with Crippen LogP contribution in [0.25, 0.3) is 0 Å². The second kappa shape index (κ2) is 5.80. The zero-order valence-electron chi connectivity index (χ0n) is 11.1. The summed E-state index contributed by atoms with van der Waals surface area (Å²) in [6.45, 7) is 1.92. The first-order valence-corrected chi connectivity index (χ1v) is 6.10. The number of pyridine rings is 1. The van der Waals surface area contributed by atoms with E-state index in [-0.39, 0.29) is 17.6 Å². The molecule has 0 fully saturated rings. The van der Waals surface area contributed by atoms with Crippen molar-refractivity contribution in [2.24, 2.45) is 5.73 Å². The Kier molecular flexibility index (Phi) is 4.12. The highest BCUT2D eigenvalue weighted by Gasteiger charge is 2.10. The van der Waals surface area contributed by atoms with Crippen LogP contribution in [0, 0.1) is 12.7 Å². The summed E-state index contributed by atoms with van der Waals surface area (Å²) in [5.41, 5.74) is 8.84. The first kappa shape index (κ1) is 13.5. The molecule has 1 aromatic heterocycles. The number of methoxy groups -OCH3 is 1. The molecule has 0 radical (unpaired) electrons. The van der Waals surface area contributed by atoms with E-state index < -0.39 is 0 Å². The Morgan fingerprint density at radius 2 is 2.11 bits per heavy atom. The third-order valence-electron chi connectivity index (χ3n) is 3.03. The van der Waals surface area contributed by atoms with Crippen LogP contribution in [0.15, 0.2) is 36.5 Å². The summed E-state index contributed by atoms with van der Waals surface area (Å²) in [5, 5.41) is 0. The molecule has 1 heterocycles. The Morgan fingerprint density at radius 3 is 2.68 bits per heavy atom. The van der Waals surface area contributed by atoms with Gasteiger partial charge in [-0.1, -0.05) is 12.1 Å². The summed E-state index contributed by atoms with van der Waals surface area (Å²) in [6, 6.07) is 8.58. The fraction of sp³-hybridized carbons (Fsp3) is 0.267. The normalized spacial score (nSPS) is 12.2. The molecule has 0 bridgehead atoms. The van der Waals surface area contributed by atoms with Gasteiger partial charge in [-0.25, -0.2) is 4.39 Å². The molecular formula is C15H17FN2O. The molecule has 4 heteroatoms. The maximum absolute atomic E-state index is 13.6. The Balaban J connectivity index is 2.12. The first-order valence-electron chi connectivity index (χ1n) is 6.10. The van der Waals surface area contributed by atoms with E-state index in [0.29, 0.717) is 6.42 Å². The third-order valence-corrected chi connectivity index (χ3v) is 3.03. The molecule has 0 saturated carbocycles. The van der Waals surface area contributed by atoms with Crippen LogP contribution in [0.1, 0.15) is 22.9 Å². The molecule has 19 heavy (non-hydrogen) atoms. The molecule has 100 valence electrons. The molecule has 0 aliphatic heterocycles. The Bertz CT molecular complexity index is 555. The summed E-state index contributed by atoms with van der Waals surface area (Å²) in [4.78, 5) is 4.21. The van der Waals surface area contributed by atoms with E-state index in [1.54, 1.807) is 12.3 Å². The minimum atomic E-state index is -0.366. The van der Waals surface area contributed by atoms with Gasteiger partial charge >= 0.3 is 0 Å². The zero-order valence-corrected chi connectivity index (χ0v) is 11.1. The van der Waals surface area contributed by atoms with Crippen LogP contribution in [-0.2, 0) is 6.42 Å². The number of nitrogens with two attached hydrogens (primary N) is 1. The highest BCUT2D eigenvalue weighted by atomic mass is 19.1. The molecule has 0 saturated heterocycles. The van der Waals surface area contributed by atoms with Crippen LogP contribution in [0.3, 0.4) is 0 Å². The van der Waals surface area contributed by atoms with Gasteiger partial charge in [-0.15, -0.1) is 0 Å². The fourth-order valence-corrected chi connectivity index (χ4v) is 1.91. The number of benzene rings is 1. The maximum Gasteiger partial charge on any atom is 0.165 e. The van der Waals surface area contributed by atoms with Gasteiger partial charge in [0.15, 0.2) is 11.6 Å². The molecule has 0 aliphatic rings. The van der Waals surface area contributed by atoms with Crippen molar-refractivity contribution >= 4 is 0 Å². The molecular weight excluding hydrogens is 243 g/mol. The highest BCUT2D eigenvalue weighted by molar-refractivity contribution is 5.30. The molecule has 0 aliphatic carbocycles. The lowest BCUT2D eigenvalue weighted by atomic mass is 10.0. The van der Waals surface area contributed by atoms with Gasteiger partial charge in [0, 0.05) is 17.9 Å². The van der Waals surface area contributed by atoms with E-state index >= 15 is 0 Å². The summed E-state index contributed by atoms with van der Waals surface area (Å²) in [6.07, 6.45) is 2.32. The molecule has 2 N–H and O–H groups in total. The van der Waals surface area contributed by atoms with Crippen LogP contribution in [0.5, 0.6) is 5.75 Å². The number of hydrogen-bond donors (Lipinski definition) is 1. The van der Waals surface area contributed by atoms with E-state index in [0.717, 1.165) is 16.8 Å². The minimum Gasteiger partial charge on any atom is -0.494 e. The SMILES string of the molecule is COc1ccc(CC(N)c2ccc(C)nc2)cc1F. The van der Waals surface area contributed by atoms with Gasteiger partial charge in [-0.2, -0.15) is 0 Å². The monoisotopic (exact) mass is 260 g/mol. The number of aryl methyl sites for hydroxylation is 1. The number of rotatable bonds is 4. The van der Waals surface area contributed by atoms with Crippen molar-refractivity contribution in [3.8, 4) is 5.75 Å². The average molecular weight is 260 g/mol. The van der Waals surface area contributed by atoms with Gasteiger partial charge in [0.1, 0.15) is 0 Å². The second-order valence-electron chi connectivity index (χ2n) is 4.51. The predicted octanol–water partition coefficient (Wildman–Crippen LogP) is 2.78. The number of halogens is 1. The van der Waals surface area contributed by atoms with Gasteiger partial charge < -0.3 is 10.5 Å². The molecule has 2 rings (SSSR count). The van der Waals surface area contributed by atoms with Crippen molar-refractivity contribution in [1.29, 1.82) is 0 Å². The number of ether oxygens (including phenoxy) is 1. The number of hydrogen-bond acceptors (Lipinski definition) is 3. The molecule has 1 aromatic carbocycles. The van der Waals surface area contributed by atoms with Crippen molar-refractivity contribution in [3.05, 3.63) is 59.2 Å². The second-order valence-corrected chi connectivity index (χ2v) is 4.51. The number of nitrogens with zero attached hydrogens (tertiary/aromatic N) is 1. The third kappa shape index (κ3) is 3.29. The molecule has 0 spiro atoms. The van der Waals surface area contributed by atoms with Gasteiger partial charge in [-0.3, -0.25) is 4.98 Å². The largest absolute Gasteiger partial charge is 0.494 e. The lowest BCUT2D eigenvalue weighted by molar-refractivity contribution is 0.386. The smallest absolute Gasteiger partial charge is 0.165 e. The quantitative estimate of drug-likeness (QED) is 0.919. The summed E-state index contributed by atoms with van der Waals surface area (Å²) in [7, 11) is 1.45. The van der Waals surface area contributed by atoms with E-state index in [9.17, 15) is 4.39 Å². The highest BCUT2D eigenvalue weighted by Crippen LogP contribution is 2.21. The van der Waals surface area contributed by atoms with Crippen molar-refractivity contribution in [2.75, 3.05) is 7.11 Å². The molecule has 1 atom stereocenters. The van der Waals surface area contributed by atoms with Crippen LogP contribution in [0.2, 0.25) is 0 Å². The minimum absolute atomic E-state index is 0.194. The van der Waals surface area contributed by atoms with Gasteiger partial charge in [0.25, 0.3) is 0 Å². The van der Waals surface area contributed by atoms with E-state index in [1.165, 1.54) is 13.2 Å². The molecule has 0 amide bonds. The Morgan fingerprint density at radius 1 is 1.32 bits per heavy atom. The van der Waals surface area contributed by atoms with Gasteiger partial charge in [0.05, 0.1) is 7.11 Å². The summed E-state index contributed by atoms with van der Waals surface area (Å²) < 4.78 is 18.5. The van der Waals surface area contributed by atoms with Crippen LogP contribution in [0.4, 0.5) is 4.39 Å².